The summed E-state index contributed by atoms with van der Waals surface area (Å²) >= 11 is 0. The summed E-state index contributed by atoms with van der Waals surface area (Å²) in [6, 6.07) is 8.69. The van der Waals surface area contributed by atoms with Crippen LogP contribution in [0.3, 0.4) is 0 Å². The highest BCUT2D eigenvalue weighted by molar-refractivity contribution is 5.85. The van der Waals surface area contributed by atoms with Crippen LogP contribution in [0.2, 0.25) is 0 Å². The molecule has 1 aromatic rings. The van der Waals surface area contributed by atoms with Gasteiger partial charge in [-0.05, 0) is 49.9 Å². The van der Waals surface area contributed by atoms with Crippen molar-refractivity contribution in [1.82, 2.24) is 4.90 Å². The Bertz CT molecular complexity index is 367. The number of likely N-dealkylation sites (tertiary alicyclic amines) is 1. The first-order valence-corrected chi connectivity index (χ1v) is 6.80. The molecule has 2 rings (SSSR count). The van der Waals surface area contributed by atoms with E-state index in [-0.39, 0.29) is 12.4 Å². The number of benzene rings is 1. The van der Waals surface area contributed by atoms with Crippen molar-refractivity contribution >= 4 is 12.4 Å². The Hall–Kier alpha value is -0.770. The Kier molecular flexibility index (Phi) is 6.63. The van der Waals surface area contributed by atoms with Crippen molar-refractivity contribution in [2.75, 3.05) is 26.7 Å². The molecule has 1 aromatic carbocycles. The molecular formula is C15H25ClN2O. The molecule has 1 fully saturated rings. The van der Waals surface area contributed by atoms with Gasteiger partial charge >= 0.3 is 0 Å². The molecule has 0 spiro atoms. The largest absolute Gasteiger partial charge is 0.497 e. The molecule has 4 heteroatoms. The summed E-state index contributed by atoms with van der Waals surface area (Å²) < 4.78 is 5.16. The third-order valence-electron chi connectivity index (χ3n) is 3.93. The Morgan fingerprint density at radius 3 is 2.58 bits per heavy atom. The van der Waals surface area contributed by atoms with Gasteiger partial charge in [0.15, 0.2) is 0 Å². The second kappa shape index (κ2) is 7.73. The Labute approximate surface area is 122 Å². The van der Waals surface area contributed by atoms with Gasteiger partial charge < -0.3 is 15.4 Å². The van der Waals surface area contributed by atoms with E-state index in [0.29, 0.717) is 12.0 Å². The highest BCUT2D eigenvalue weighted by Crippen LogP contribution is 2.19. The lowest BCUT2D eigenvalue weighted by Gasteiger charge is -2.17. The summed E-state index contributed by atoms with van der Waals surface area (Å²) in [4.78, 5) is 2.53. The van der Waals surface area contributed by atoms with E-state index in [4.69, 9.17) is 10.5 Å². The van der Waals surface area contributed by atoms with E-state index in [1.807, 2.05) is 12.1 Å². The fraction of sp³-hybridized carbons (Fsp3) is 0.600. The average molecular weight is 285 g/mol. The first-order valence-electron chi connectivity index (χ1n) is 6.80. The fourth-order valence-corrected chi connectivity index (χ4v) is 2.57. The summed E-state index contributed by atoms with van der Waals surface area (Å²) in [5.74, 6) is 1.61. The maximum atomic E-state index is 5.96. The standard InChI is InChI=1S/C15H24N2O.ClH/c1-12(16)14-8-10-17(11-14)9-7-13-3-5-15(18-2)6-4-13;/h3-6,12,14H,7-11,16H2,1-2H3;1H. The van der Waals surface area contributed by atoms with Gasteiger partial charge in [0.2, 0.25) is 0 Å². The number of methoxy groups -OCH3 is 1. The SMILES string of the molecule is COc1ccc(CCN2CCC(C(C)N)C2)cc1.Cl. The first kappa shape index (κ1) is 16.3. The Morgan fingerprint density at radius 2 is 2.05 bits per heavy atom. The van der Waals surface area contributed by atoms with Crippen LogP contribution in [0.25, 0.3) is 0 Å². The maximum Gasteiger partial charge on any atom is 0.118 e. The summed E-state index contributed by atoms with van der Waals surface area (Å²) in [5, 5.41) is 0. The number of ether oxygens (including phenoxy) is 1. The number of nitrogens with zero attached hydrogens (tertiary/aromatic N) is 1. The zero-order chi connectivity index (χ0) is 13.0. The molecule has 1 saturated heterocycles. The molecule has 0 aliphatic carbocycles. The minimum atomic E-state index is 0. The zero-order valence-electron chi connectivity index (χ0n) is 11.8. The number of halogens is 1. The van der Waals surface area contributed by atoms with Crippen molar-refractivity contribution in [3.05, 3.63) is 29.8 Å². The fourth-order valence-electron chi connectivity index (χ4n) is 2.57. The molecule has 0 aromatic heterocycles. The van der Waals surface area contributed by atoms with E-state index >= 15 is 0 Å². The van der Waals surface area contributed by atoms with Crippen LogP contribution in [-0.2, 0) is 6.42 Å². The van der Waals surface area contributed by atoms with Crippen molar-refractivity contribution in [3.63, 3.8) is 0 Å². The number of rotatable bonds is 5. The van der Waals surface area contributed by atoms with Crippen molar-refractivity contribution < 1.29 is 4.74 Å². The van der Waals surface area contributed by atoms with Gasteiger partial charge in [-0.3, -0.25) is 0 Å². The Balaban J connectivity index is 0.00000180. The zero-order valence-corrected chi connectivity index (χ0v) is 12.7. The molecule has 2 atom stereocenters. The summed E-state index contributed by atoms with van der Waals surface area (Å²) in [6.45, 7) is 5.61. The molecule has 1 aliphatic heterocycles. The van der Waals surface area contributed by atoms with Crippen LogP contribution < -0.4 is 10.5 Å². The summed E-state index contributed by atoms with van der Waals surface area (Å²) in [5.41, 5.74) is 7.33. The quantitative estimate of drug-likeness (QED) is 0.902. The number of hydrogen-bond acceptors (Lipinski definition) is 3. The molecule has 108 valence electrons. The van der Waals surface area contributed by atoms with Crippen molar-refractivity contribution in [2.24, 2.45) is 11.7 Å². The smallest absolute Gasteiger partial charge is 0.118 e. The summed E-state index contributed by atoms with van der Waals surface area (Å²) in [6.07, 6.45) is 2.36. The van der Waals surface area contributed by atoms with Crippen LogP contribution in [0.4, 0.5) is 0 Å². The maximum absolute atomic E-state index is 5.96. The second-order valence-electron chi connectivity index (χ2n) is 5.31. The topological polar surface area (TPSA) is 38.5 Å². The lowest BCUT2D eigenvalue weighted by Crippen LogP contribution is -2.30. The predicted molar refractivity (Wildman–Crippen MR) is 82.1 cm³/mol. The number of hydrogen-bond donors (Lipinski definition) is 1. The van der Waals surface area contributed by atoms with Gasteiger partial charge in [0.1, 0.15) is 5.75 Å². The monoisotopic (exact) mass is 284 g/mol. The lowest BCUT2D eigenvalue weighted by atomic mass is 10.0. The molecule has 0 bridgehead atoms. The van der Waals surface area contributed by atoms with E-state index in [1.165, 1.54) is 18.5 Å². The lowest BCUT2D eigenvalue weighted by molar-refractivity contribution is 0.319. The van der Waals surface area contributed by atoms with E-state index in [9.17, 15) is 0 Å². The van der Waals surface area contributed by atoms with Crippen LogP contribution in [0.15, 0.2) is 24.3 Å². The molecule has 2 unspecified atom stereocenters. The molecular weight excluding hydrogens is 260 g/mol. The molecule has 1 aliphatic rings. The highest BCUT2D eigenvalue weighted by atomic mass is 35.5. The molecule has 0 amide bonds. The van der Waals surface area contributed by atoms with Crippen molar-refractivity contribution in [2.45, 2.75) is 25.8 Å². The van der Waals surface area contributed by atoms with Crippen LogP contribution in [-0.4, -0.2) is 37.7 Å². The second-order valence-corrected chi connectivity index (χ2v) is 5.31. The summed E-state index contributed by atoms with van der Waals surface area (Å²) in [7, 11) is 1.70. The number of nitrogens with two attached hydrogens (primary N) is 1. The molecule has 19 heavy (non-hydrogen) atoms. The highest BCUT2D eigenvalue weighted by Gasteiger charge is 2.24. The van der Waals surface area contributed by atoms with E-state index in [2.05, 4.69) is 24.0 Å². The third-order valence-corrected chi connectivity index (χ3v) is 3.93. The van der Waals surface area contributed by atoms with Gasteiger partial charge in [0, 0.05) is 19.1 Å². The molecule has 1 heterocycles. The van der Waals surface area contributed by atoms with E-state index in [1.54, 1.807) is 7.11 Å². The van der Waals surface area contributed by atoms with Crippen LogP contribution >= 0.6 is 12.4 Å². The van der Waals surface area contributed by atoms with Crippen molar-refractivity contribution in [3.8, 4) is 5.75 Å². The minimum Gasteiger partial charge on any atom is -0.497 e. The minimum absolute atomic E-state index is 0. The molecule has 3 nitrogen and oxygen atoms in total. The van der Waals surface area contributed by atoms with Crippen LogP contribution in [0.5, 0.6) is 5.75 Å². The van der Waals surface area contributed by atoms with Gasteiger partial charge in [-0.25, -0.2) is 0 Å². The van der Waals surface area contributed by atoms with Crippen LogP contribution in [0.1, 0.15) is 18.9 Å². The van der Waals surface area contributed by atoms with Gasteiger partial charge in [-0.15, -0.1) is 12.4 Å². The van der Waals surface area contributed by atoms with Crippen molar-refractivity contribution in [1.29, 1.82) is 0 Å². The normalized spacial score (nSPS) is 20.9. The first-order chi connectivity index (χ1) is 8.69. The van der Waals surface area contributed by atoms with E-state index < -0.39 is 0 Å². The van der Waals surface area contributed by atoms with Crippen LogP contribution in [0, 0.1) is 5.92 Å². The van der Waals surface area contributed by atoms with Gasteiger partial charge in [-0.1, -0.05) is 12.1 Å². The predicted octanol–water partition coefficient (Wildman–Crippen LogP) is 2.33. The molecule has 0 radical (unpaired) electrons. The molecule has 0 saturated carbocycles. The molecule has 2 N–H and O–H groups in total. The average Bonchev–Trinajstić information content (AvgIpc) is 2.86. The van der Waals surface area contributed by atoms with Gasteiger partial charge in [0.05, 0.1) is 7.11 Å². The van der Waals surface area contributed by atoms with Gasteiger partial charge in [-0.2, -0.15) is 0 Å². The van der Waals surface area contributed by atoms with E-state index in [0.717, 1.165) is 25.3 Å². The van der Waals surface area contributed by atoms with Gasteiger partial charge in [0.25, 0.3) is 0 Å². The Morgan fingerprint density at radius 1 is 1.37 bits per heavy atom. The third kappa shape index (κ3) is 4.68.